The zero-order valence-electron chi connectivity index (χ0n) is 9.05. The Bertz CT molecular complexity index is 364. The molecule has 1 aliphatic carbocycles. The van der Waals surface area contributed by atoms with Crippen molar-refractivity contribution in [3.05, 3.63) is 34.6 Å². The van der Waals surface area contributed by atoms with Crippen LogP contribution < -0.4 is 11.3 Å². The lowest BCUT2D eigenvalue weighted by Gasteiger charge is -2.23. The lowest BCUT2D eigenvalue weighted by Crippen LogP contribution is -2.33. The largest absolute Gasteiger partial charge is 0.271 e. The minimum atomic E-state index is -0.237. The number of hydrogen-bond acceptors (Lipinski definition) is 2. The second-order valence-corrected chi connectivity index (χ2v) is 4.79. The van der Waals surface area contributed by atoms with Crippen LogP contribution in [-0.2, 0) is 0 Å². The number of hydrogen-bond donors (Lipinski definition) is 2. The van der Waals surface area contributed by atoms with E-state index in [-0.39, 0.29) is 11.9 Å². The number of benzene rings is 1. The number of rotatable bonds is 3. The minimum Gasteiger partial charge on any atom is -0.271 e. The number of halogens is 2. The molecule has 0 radical (unpaired) electrons. The van der Waals surface area contributed by atoms with Crippen molar-refractivity contribution in [1.82, 2.24) is 5.43 Å². The maximum atomic E-state index is 13.7. The summed E-state index contributed by atoms with van der Waals surface area (Å²) < 4.78 is 13.7. The van der Waals surface area contributed by atoms with Crippen molar-refractivity contribution < 1.29 is 4.39 Å². The van der Waals surface area contributed by atoms with Gasteiger partial charge in [-0.25, -0.2) is 4.39 Å². The molecule has 88 valence electrons. The van der Waals surface area contributed by atoms with Crippen LogP contribution in [0.5, 0.6) is 0 Å². The zero-order chi connectivity index (χ0) is 11.5. The van der Waals surface area contributed by atoms with Gasteiger partial charge in [0.05, 0.1) is 6.04 Å². The number of nitrogens with one attached hydrogen (secondary N) is 1. The van der Waals surface area contributed by atoms with Gasteiger partial charge in [-0.15, -0.1) is 0 Å². The molecular formula is C12H16ClFN2. The summed E-state index contributed by atoms with van der Waals surface area (Å²) in [5.74, 6) is 5.72. The van der Waals surface area contributed by atoms with E-state index in [2.05, 4.69) is 5.43 Å². The summed E-state index contributed by atoms with van der Waals surface area (Å²) in [7, 11) is 0. The fraction of sp³-hybridized carbons (Fsp3) is 0.500. The van der Waals surface area contributed by atoms with Gasteiger partial charge in [0, 0.05) is 10.6 Å². The Labute approximate surface area is 99.9 Å². The van der Waals surface area contributed by atoms with Gasteiger partial charge in [0.2, 0.25) is 0 Å². The van der Waals surface area contributed by atoms with E-state index >= 15 is 0 Å². The maximum absolute atomic E-state index is 13.7. The van der Waals surface area contributed by atoms with E-state index in [4.69, 9.17) is 17.4 Å². The van der Waals surface area contributed by atoms with Crippen molar-refractivity contribution >= 4 is 11.6 Å². The molecule has 0 amide bonds. The topological polar surface area (TPSA) is 38.0 Å². The monoisotopic (exact) mass is 242 g/mol. The smallest absolute Gasteiger partial charge is 0.128 e. The van der Waals surface area contributed by atoms with Crippen LogP contribution in [0.1, 0.15) is 37.3 Å². The lowest BCUT2D eigenvalue weighted by atomic mass is 9.92. The molecule has 0 spiro atoms. The molecule has 0 heterocycles. The molecule has 2 nitrogen and oxygen atoms in total. The third-order valence-electron chi connectivity index (χ3n) is 3.34. The summed E-state index contributed by atoms with van der Waals surface area (Å²) in [5, 5.41) is 0.551. The van der Waals surface area contributed by atoms with Gasteiger partial charge in [-0.1, -0.05) is 24.4 Å². The normalized spacial score (nSPS) is 18.9. The van der Waals surface area contributed by atoms with E-state index in [1.807, 2.05) is 0 Å². The molecule has 3 N–H and O–H groups in total. The summed E-state index contributed by atoms with van der Waals surface area (Å²) in [6.45, 7) is 0. The molecule has 1 aliphatic rings. The van der Waals surface area contributed by atoms with Gasteiger partial charge in [0.25, 0.3) is 0 Å². The van der Waals surface area contributed by atoms with Crippen molar-refractivity contribution in [3.63, 3.8) is 0 Å². The first-order chi connectivity index (χ1) is 7.72. The molecule has 0 aromatic heterocycles. The van der Waals surface area contributed by atoms with Crippen molar-refractivity contribution in [1.29, 1.82) is 0 Å². The van der Waals surface area contributed by atoms with Crippen LogP contribution >= 0.6 is 11.6 Å². The lowest BCUT2D eigenvalue weighted by molar-refractivity contribution is 0.362. The molecule has 1 fully saturated rings. The van der Waals surface area contributed by atoms with Gasteiger partial charge < -0.3 is 0 Å². The summed E-state index contributed by atoms with van der Waals surface area (Å²) in [4.78, 5) is 0. The maximum Gasteiger partial charge on any atom is 0.128 e. The molecule has 1 aromatic rings. The molecule has 0 bridgehead atoms. The summed E-state index contributed by atoms with van der Waals surface area (Å²) in [6, 6.07) is 4.50. The quantitative estimate of drug-likeness (QED) is 0.631. The van der Waals surface area contributed by atoms with Crippen LogP contribution in [0.15, 0.2) is 18.2 Å². The molecule has 2 rings (SSSR count). The van der Waals surface area contributed by atoms with E-state index < -0.39 is 0 Å². The van der Waals surface area contributed by atoms with Crippen LogP contribution in [0.2, 0.25) is 5.02 Å². The minimum absolute atomic E-state index is 0.124. The first-order valence-corrected chi connectivity index (χ1v) is 6.01. The highest BCUT2D eigenvalue weighted by atomic mass is 35.5. The van der Waals surface area contributed by atoms with Crippen LogP contribution in [0.4, 0.5) is 4.39 Å². The van der Waals surface area contributed by atoms with E-state index in [9.17, 15) is 4.39 Å². The Hall–Kier alpha value is -0.640. The van der Waals surface area contributed by atoms with Crippen molar-refractivity contribution in [2.45, 2.75) is 31.7 Å². The van der Waals surface area contributed by atoms with Gasteiger partial charge >= 0.3 is 0 Å². The predicted octanol–water partition coefficient (Wildman–Crippen LogP) is 3.17. The van der Waals surface area contributed by atoms with Gasteiger partial charge in [-0.2, -0.15) is 0 Å². The molecular weight excluding hydrogens is 227 g/mol. The van der Waals surface area contributed by atoms with Crippen LogP contribution in [0, 0.1) is 11.7 Å². The Morgan fingerprint density at radius 1 is 1.38 bits per heavy atom. The Morgan fingerprint density at radius 2 is 2.06 bits per heavy atom. The molecule has 4 heteroatoms. The molecule has 0 saturated heterocycles. The molecule has 1 atom stereocenters. The highest BCUT2D eigenvalue weighted by molar-refractivity contribution is 6.30. The van der Waals surface area contributed by atoms with E-state index in [1.54, 1.807) is 12.1 Å². The third-order valence-corrected chi connectivity index (χ3v) is 3.58. The van der Waals surface area contributed by atoms with Crippen molar-refractivity contribution in [3.8, 4) is 0 Å². The van der Waals surface area contributed by atoms with Crippen LogP contribution in [0.3, 0.4) is 0 Å². The zero-order valence-corrected chi connectivity index (χ0v) is 9.80. The Morgan fingerprint density at radius 3 is 2.69 bits per heavy atom. The SMILES string of the molecule is NNC(c1cc(Cl)ccc1F)C1CCCC1. The Balaban J connectivity index is 2.28. The Kier molecular flexibility index (Phi) is 3.79. The second-order valence-electron chi connectivity index (χ2n) is 4.35. The molecule has 16 heavy (non-hydrogen) atoms. The van der Waals surface area contributed by atoms with Crippen molar-refractivity contribution in [2.24, 2.45) is 11.8 Å². The average Bonchev–Trinajstić information content (AvgIpc) is 2.78. The molecule has 1 saturated carbocycles. The van der Waals surface area contributed by atoms with Gasteiger partial charge in [-0.3, -0.25) is 11.3 Å². The van der Waals surface area contributed by atoms with E-state index in [0.717, 1.165) is 12.8 Å². The van der Waals surface area contributed by atoms with Gasteiger partial charge in [-0.05, 0) is 37.0 Å². The molecule has 1 aromatic carbocycles. The summed E-state index contributed by atoms with van der Waals surface area (Å²) >= 11 is 5.89. The van der Waals surface area contributed by atoms with E-state index in [1.165, 1.54) is 18.9 Å². The summed E-state index contributed by atoms with van der Waals surface area (Å²) in [5.41, 5.74) is 3.31. The van der Waals surface area contributed by atoms with Gasteiger partial charge in [0.1, 0.15) is 5.82 Å². The fourth-order valence-corrected chi connectivity index (χ4v) is 2.70. The highest BCUT2D eigenvalue weighted by Crippen LogP contribution is 2.36. The van der Waals surface area contributed by atoms with E-state index in [0.29, 0.717) is 16.5 Å². The third kappa shape index (κ3) is 2.37. The van der Waals surface area contributed by atoms with Gasteiger partial charge in [0.15, 0.2) is 0 Å². The second kappa shape index (κ2) is 5.13. The number of hydrazine groups is 1. The first-order valence-electron chi connectivity index (χ1n) is 5.63. The summed E-state index contributed by atoms with van der Waals surface area (Å²) in [6.07, 6.45) is 4.59. The van der Waals surface area contributed by atoms with Crippen LogP contribution in [0.25, 0.3) is 0 Å². The standard InChI is InChI=1S/C12H16ClFN2/c13-9-5-6-11(14)10(7-9)12(16-15)8-3-1-2-4-8/h5-8,12,16H,1-4,15H2. The fourth-order valence-electron chi connectivity index (χ4n) is 2.52. The molecule has 1 unspecified atom stereocenters. The average molecular weight is 243 g/mol. The van der Waals surface area contributed by atoms with Crippen molar-refractivity contribution in [2.75, 3.05) is 0 Å². The number of nitrogens with two attached hydrogens (primary N) is 1. The highest BCUT2D eigenvalue weighted by Gasteiger charge is 2.27. The predicted molar refractivity (Wildman–Crippen MR) is 63.4 cm³/mol. The molecule has 0 aliphatic heterocycles. The first kappa shape index (κ1) is 11.8. The van der Waals surface area contributed by atoms with Crippen LogP contribution in [-0.4, -0.2) is 0 Å².